The number of hydrogen-bond donors (Lipinski definition) is 0. The SMILES string of the molecule is C[C@]1(CCCCc2ccccc2)CCCCC(=O)C1. The van der Waals surface area contributed by atoms with Crippen LogP contribution in [0.15, 0.2) is 30.3 Å². The molecule has 2 rings (SSSR count). The molecule has 1 heteroatoms. The summed E-state index contributed by atoms with van der Waals surface area (Å²) in [5.41, 5.74) is 1.72. The van der Waals surface area contributed by atoms with Gasteiger partial charge in [-0.25, -0.2) is 0 Å². The minimum atomic E-state index is 0.282. The fourth-order valence-corrected chi connectivity index (χ4v) is 3.27. The molecule has 104 valence electrons. The van der Waals surface area contributed by atoms with Gasteiger partial charge in [-0.15, -0.1) is 0 Å². The minimum absolute atomic E-state index is 0.282. The molecule has 0 aromatic heterocycles. The van der Waals surface area contributed by atoms with E-state index >= 15 is 0 Å². The first-order chi connectivity index (χ1) is 9.18. The van der Waals surface area contributed by atoms with Crippen molar-refractivity contribution in [3.63, 3.8) is 0 Å². The van der Waals surface area contributed by atoms with Crippen LogP contribution in [-0.4, -0.2) is 5.78 Å². The lowest BCUT2D eigenvalue weighted by Crippen LogP contribution is -2.18. The molecule has 1 fully saturated rings. The number of rotatable bonds is 5. The van der Waals surface area contributed by atoms with Crippen LogP contribution < -0.4 is 0 Å². The zero-order valence-corrected chi connectivity index (χ0v) is 12.2. The molecule has 1 nitrogen and oxygen atoms in total. The van der Waals surface area contributed by atoms with Gasteiger partial charge in [-0.2, -0.15) is 0 Å². The van der Waals surface area contributed by atoms with E-state index in [-0.39, 0.29) is 5.41 Å². The first kappa shape index (κ1) is 14.3. The Labute approximate surface area is 117 Å². The molecule has 1 aliphatic rings. The normalized spacial score (nSPS) is 24.2. The number of aryl methyl sites for hydroxylation is 1. The summed E-state index contributed by atoms with van der Waals surface area (Å²) in [7, 11) is 0. The second-order valence-corrected chi connectivity index (χ2v) is 6.43. The molecule has 0 N–H and O–H groups in total. The van der Waals surface area contributed by atoms with Crippen LogP contribution in [0.2, 0.25) is 0 Å². The van der Waals surface area contributed by atoms with Crippen LogP contribution in [0.5, 0.6) is 0 Å². The average Bonchev–Trinajstić information content (AvgIpc) is 2.57. The summed E-state index contributed by atoms with van der Waals surface area (Å²) in [6.07, 6.45) is 10.1. The predicted octanol–water partition coefficient (Wildman–Crippen LogP) is 4.94. The highest BCUT2D eigenvalue weighted by Crippen LogP contribution is 2.37. The van der Waals surface area contributed by atoms with Gasteiger partial charge >= 0.3 is 0 Å². The maximum Gasteiger partial charge on any atom is 0.133 e. The maximum absolute atomic E-state index is 11.8. The Hall–Kier alpha value is -1.11. The molecule has 0 heterocycles. The van der Waals surface area contributed by atoms with Gasteiger partial charge < -0.3 is 0 Å². The van der Waals surface area contributed by atoms with E-state index in [0.717, 1.165) is 19.3 Å². The zero-order valence-electron chi connectivity index (χ0n) is 12.2. The molecule has 0 saturated heterocycles. The van der Waals surface area contributed by atoms with Gasteiger partial charge in [0.1, 0.15) is 5.78 Å². The molecule has 0 unspecified atom stereocenters. The second-order valence-electron chi connectivity index (χ2n) is 6.43. The van der Waals surface area contributed by atoms with Crippen LogP contribution in [0.3, 0.4) is 0 Å². The van der Waals surface area contributed by atoms with Gasteiger partial charge in [-0.05, 0) is 43.1 Å². The van der Waals surface area contributed by atoms with Gasteiger partial charge in [0, 0.05) is 12.8 Å². The van der Waals surface area contributed by atoms with Gasteiger partial charge in [-0.3, -0.25) is 4.79 Å². The van der Waals surface area contributed by atoms with Crippen molar-refractivity contribution in [2.75, 3.05) is 0 Å². The number of carbonyl (C=O) groups excluding carboxylic acids is 1. The van der Waals surface area contributed by atoms with Gasteiger partial charge in [0.25, 0.3) is 0 Å². The predicted molar refractivity (Wildman–Crippen MR) is 80.2 cm³/mol. The van der Waals surface area contributed by atoms with Crippen LogP contribution in [0, 0.1) is 5.41 Å². The summed E-state index contributed by atoms with van der Waals surface area (Å²) in [4.78, 5) is 11.8. The van der Waals surface area contributed by atoms with E-state index in [1.54, 1.807) is 0 Å². The van der Waals surface area contributed by atoms with Gasteiger partial charge in [0.05, 0.1) is 0 Å². The van der Waals surface area contributed by atoms with E-state index in [2.05, 4.69) is 37.3 Å². The Kier molecular flexibility index (Phi) is 5.18. The van der Waals surface area contributed by atoms with Crippen molar-refractivity contribution in [3.8, 4) is 0 Å². The molecular weight excluding hydrogens is 232 g/mol. The molecule has 0 radical (unpaired) electrons. The summed E-state index contributed by atoms with van der Waals surface area (Å²) in [6, 6.07) is 10.7. The van der Waals surface area contributed by atoms with Crippen molar-refractivity contribution in [2.45, 2.75) is 64.7 Å². The topological polar surface area (TPSA) is 17.1 Å². The molecule has 0 aliphatic heterocycles. The van der Waals surface area contributed by atoms with E-state index in [0.29, 0.717) is 5.78 Å². The first-order valence-electron chi connectivity index (χ1n) is 7.74. The molecule has 1 aromatic rings. The Balaban J connectivity index is 1.73. The largest absolute Gasteiger partial charge is 0.300 e. The standard InChI is InChI=1S/C18H26O/c1-18(14-8-6-12-17(19)15-18)13-7-5-11-16-9-3-2-4-10-16/h2-4,9-10H,5-8,11-15H2,1H3/t18-/m0/s1. The molecule has 0 spiro atoms. The minimum Gasteiger partial charge on any atom is -0.300 e. The highest BCUT2D eigenvalue weighted by molar-refractivity contribution is 5.79. The number of unbranched alkanes of at least 4 members (excludes halogenated alkanes) is 1. The van der Waals surface area contributed by atoms with Crippen molar-refractivity contribution in [2.24, 2.45) is 5.41 Å². The van der Waals surface area contributed by atoms with Crippen molar-refractivity contribution < 1.29 is 4.79 Å². The third kappa shape index (κ3) is 4.81. The number of hydrogen-bond acceptors (Lipinski definition) is 1. The van der Waals surface area contributed by atoms with E-state index in [1.165, 1.54) is 44.1 Å². The fraction of sp³-hybridized carbons (Fsp3) is 0.611. The summed E-state index contributed by atoms with van der Waals surface area (Å²) in [6.45, 7) is 2.32. The van der Waals surface area contributed by atoms with Gasteiger partial charge in [-0.1, -0.05) is 50.1 Å². The number of benzene rings is 1. The molecule has 0 amide bonds. The van der Waals surface area contributed by atoms with E-state index < -0.39 is 0 Å². The van der Waals surface area contributed by atoms with Gasteiger partial charge in [0.15, 0.2) is 0 Å². The van der Waals surface area contributed by atoms with Crippen LogP contribution >= 0.6 is 0 Å². The molecule has 1 atom stereocenters. The Morgan fingerprint density at radius 1 is 1.11 bits per heavy atom. The molecule has 1 aliphatic carbocycles. The Morgan fingerprint density at radius 3 is 2.68 bits per heavy atom. The van der Waals surface area contributed by atoms with Crippen LogP contribution in [0.1, 0.15) is 63.9 Å². The van der Waals surface area contributed by atoms with Crippen molar-refractivity contribution in [1.82, 2.24) is 0 Å². The molecule has 0 bridgehead atoms. The summed E-state index contributed by atoms with van der Waals surface area (Å²) < 4.78 is 0. The van der Waals surface area contributed by atoms with E-state index in [9.17, 15) is 4.79 Å². The van der Waals surface area contributed by atoms with Crippen molar-refractivity contribution >= 4 is 5.78 Å². The highest BCUT2D eigenvalue weighted by atomic mass is 16.1. The number of Topliss-reactive ketones (excluding diaryl/α,β-unsaturated/α-hetero) is 1. The second kappa shape index (κ2) is 6.88. The third-order valence-corrected chi connectivity index (χ3v) is 4.45. The maximum atomic E-state index is 11.8. The lowest BCUT2D eigenvalue weighted by atomic mass is 9.78. The number of carbonyl (C=O) groups is 1. The van der Waals surface area contributed by atoms with Crippen molar-refractivity contribution in [3.05, 3.63) is 35.9 Å². The smallest absolute Gasteiger partial charge is 0.133 e. The summed E-state index contributed by atoms with van der Waals surface area (Å²) in [5, 5.41) is 0. The lowest BCUT2D eigenvalue weighted by Gasteiger charge is -2.27. The zero-order chi connectivity index (χ0) is 13.6. The Morgan fingerprint density at radius 2 is 1.89 bits per heavy atom. The molecule has 19 heavy (non-hydrogen) atoms. The van der Waals surface area contributed by atoms with E-state index in [1.807, 2.05) is 0 Å². The fourth-order valence-electron chi connectivity index (χ4n) is 3.27. The molecule has 1 aromatic carbocycles. The molecular formula is C18H26O. The van der Waals surface area contributed by atoms with Crippen LogP contribution in [0.4, 0.5) is 0 Å². The molecule has 1 saturated carbocycles. The van der Waals surface area contributed by atoms with Crippen molar-refractivity contribution in [1.29, 1.82) is 0 Å². The van der Waals surface area contributed by atoms with Crippen LogP contribution in [0.25, 0.3) is 0 Å². The highest BCUT2D eigenvalue weighted by Gasteiger charge is 2.28. The first-order valence-corrected chi connectivity index (χ1v) is 7.74. The van der Waals surface area contributed by atoms with Crippen LogP contribution in [-0.2, 0) is 11.2 Å². The van der Waals surface area contributed by atoms with E-state index in [4.69, 9.17) is 0 Å². The summed E-state index contributed by atoms with van der Waals surface area (Å²) >= 11 is 0. The summed E-state index contributed by atoms with van der Waals surface area (Å²) in [5.74, 6) is 0.489. The average molecular weight is 258 g/mol. The quantitative estimate of drug-likeness (QED) is 0.540. The monoisotopic (exact) mass is 258 g/mol. The lowest BCUT2D eigenvalue weighted by molar-refractivity contribution is -0.120. The number of ketones is 1. The third-order valence-electron chi connectivity index (χ3n) is 4.45. The Bertz CT molecular complexity index is 395. The van der Waals surface area contributed by atoms with Gasteiger partial charge in [0.2, 0.25) is 0 Å².